The minimum atomic E-state index is -3.32. The second-order valence-corrected chi connectivity index (χ2v) is 8.37. The minimum absolute atomic E-state index is 0.0125. The second kappa shape index (κ2) is 7.96. The zero-order valence-electron chi connectivity index (χ0n) is 14.9. The number of para-hydroxylation sites is 1. The molecule has 2 aromatic carbocycles. The fourth-order valence-electron chi connectivity index (χ4n) is 2.99. The van der Waals surface area contributed by atoms with E-state index in [1.54, 1.807) is 31.2 Å². The number of carbonyl (C=O) groups is 1. The molecule has 0 unspecified atom stereocenters. The molecule has 1 N–H and O–H groups in total. The first-order valence-electron chi connectivity index (χ1n) is 8.71. The first kappa shape index (κ1) is 19.2. The van der Waals surface area contributed by atoms with Gasteiger partial charge in [-0.1, -0.05) is 12.1 Å². The van der Waals surface area contributed by atoms with Crippen molar-refractivity contribution in [2.45, 2.75) is 19.8 Å². The summed E-state index contributed by atoms with van der Waals surface area (Å²) < 4.78 is 44.6. The molecule has 0 atom stereocenters. The largest absolute Gasteiger partial charge is 0.481 e. The Kier molecular flexibility index (Phi) is 5.65. The third kappa shape index (κ3) is 4.39. The lowest BCUT2D eigenvalue weighted by Crippen LogP contribution is -2.36. The highest BCUT2D eigenvalue weighted by atomic mass is 32.2. The SMILES string of the molecule is CCS(=O)(=O)N1CCCc2cc(NC(=O)COc3ccccc3F)ccc21. The van der Waals surface area contributed by atoms with E-state index in [0.29, 0.717) is 17.9 Å². The number of ether oxygens (including phenoxy) is 1. The van der Waals surface area contributed by atoms with Crippen LogP contribution in [0.3, 0.4) is 0 Å². The van der Waals surface area contributed by atoms with Gasteiger partial charge in [0.15, 0.2) is 18.2 Å². The first-order chi connectivity index (χ1) is 12.9. The van der Waals surface area contributed by atoms with Gasteiger partial charge in [0, 0.05) is 12.2 Å². The molecule has 27 heavy (non-hydrogen) atoms. The van der Waals surface area contributed by atoms with E-state index in [2.05, 4.69) is 5.32 Å². The summed E-state index contributed by atoms with van der Waals surface area (Å²) in [6, 6.07) is 11.0. The average molecular weight is 392 g/mol. The van der Waals surface area contributed by atoms with Crippen molar-refractivity contribution in [1.29, 1.82) is 0 Å². The number of nitrogens with zero attached hydrogens (tertiary/aromatic N) is 1. The van der Waals surface area contributed by atoms with E-state index in [1.165, 1.54) is 22.5 Å². The van der Waals surface area contributed by atoms with E-state index in [0.717, 1.165) is 18.4 Å². The summed E-state index contributed by atoms with van der Waals surface area (Å²) >= 11 is 0. The van der Waals surface area contributed by atoms with Gasteiger partial charge in [-0.05, 0) is 55.7 Å². The highest BCUT2D eigenvalue weighted by Crippen LogP contribution is 2.31. The standard InChI is InChI=1S/C19H21FN2O4S/c1-2-27(24,25)22-11-5-6-14-12-15(9-10-17(14)22)21-19(23)13-26-18-8-4-3-7-16(18)20/h3-4,7-10,12H,2,5-6,11,13H2,1H3,(H,21,23). The quantitative estimate of drug-likeness (QED) is 0.820. The lowest BCUT2D eigenvalue weighted by atomic mass is 10.0. The van der Waals surface area contributed by atoms with Crippen LogP contribution < -0.4 is 14.4 Å². The van der Waals surface area contributed by atoms with Gasteiger partial charge in [-0.2, -0.15) is 0 Å². The van der Waals surface area contributed by atoms with Crippen LogP contribution >= 0.6 is 0 Å². The number of anilines is 2. The predicted octanol–water partition coefficient (Wildman–Crippen LogP) is 2.95. The topological polar surface area (TPSA) is 75.7 Å². The molecule has 1 aliphatic rings. The van der Waals surface area contributed by atoms with Gasteiger partial charge < -0.3 is 10.1 Å². The highest BCUT2D eigenvalue weighted by molar-refractivity contribution is 7.92. The van der Waals surface area contributed by atoms with Gasteiger partial charge in [-0.25, -0.2) is 12.8 Å². The molecule has 0 spiro atoms. The molecule has 8 heteroatoms. The van der Waals surface area contributed by atoms with Gasteiger partial charge in [0.1, 0.15) is 0 Å². The normalized spacial score (nSPS) is 13.8. The van der Waals surface area contributed by atoms with Crippen molar-refractivity contribution in [3.63, 3.8) is 0 Å². The Balaban J connectivity index is 1.68. The summed E-state index contributed by atoms with van der Waals surface area (Å²) in [5, 5.41) is 2.69. The number of hydrogen-bond donors (Lipinski definition) is 1. The summed E-state index contributed by atoms with van der Waals surface area (Å²) in [7, 11) is -3.32. The Labute approximate surface area is 158 Å². The van der Waals surface area contributed by atoms with Crippen LogP contribution in [0.15, 0.2) is 42.5 Å². The molecule has 2 aromatic rings. The first-order valence-corrected chi connectivity index (χ1v) is 10.3. The molecule has 0 saturated heterocycles. The summed E-state index contributed by atoms with van der Waals surface area (Å²) in [5.41, 5.74) is 2.07. The molecular formula is C19H21FN2O4S. The summed E-state index contributed by atoms with van der Waals surface area (Å²) in [6.07, 6.45) is 1.46. The van der Waals surface area contributed by atoms with Gasteiger partial charge in [-0.3, -0.25) is 9.10 Å². The van der Waals surface area contributed by atoms with Crippen LogP contribution in [0.2, 0.25) is 0 Å². The number of aryl methyl sites for hydroxylation is 1. The third-order valence-corrected chi connectivity index (χ3v) is 6.12. The maximum absolute atomic E-state index is 13.5. The van der Waals surface area contributed by atoms with Crippen molar-refractivity contribution >= 4 is 27.3 Å². The Morgan fingerprint density at radius 1 is 1.26 bits per heavy atom. The Morgan fingerprint density at radius 3 is 2.78 bits per heavy atom. The zero-order valence-corrected chi connectivity index (χ0v) is 15.8. The van der Waals surface area contributed by atoms with E-state index in [1.807, 2.05) is 0 Å². The van der Waals surface area contributed by atoms with Gasteiger partial charge in [-0.15, -0.1) is 0 Å². The number of halogens is 1. The zero-order chi connectivity index (χ0) is 19.4. The van der Waals surface area contributed by atoms with Crippen molar-refractivity contribution < 1.29 is 22.3 Å². The Morgan fingerprint density at radius 2 is 2.04 bits per heavy atom. The van der Waals surface area contributed by atoms with Crippen LogP contribution in [-0.4, -0.2) is 33.2 Å². The van der Waals surface area contributed by atoms with Gasteiger partial charge in [0.25, 0.3) is 5.91 Å². The van der Waals surface area contributed by atoms with Crippen molar-refractivity contribution in [2.24, 2.45) is 0 Å². The fourth-order valence-corrected chi connectivity index (χ4v) is 4.18. The molecule has 0 saturated carbocycles. The van der Waals surface area contributed by atoms with Crippen LogP contribution in [0.5, 0.6) is 5.75 Å². The van der Waals surface area contributed by atoms with Crippen LogP contribution in [-0.2, 0) is 21.2 Å². The van der Waals surface area contributed by atoms with Gasteiger partial charge in [0.05, 0.1) is 11.4 Å². The molecule has 1 aliphatic heterocycles. The van der Waals surface area contributed by atoms with Crippen molar-refractivity contribution in [1.82, 2.24) is 0 Å². The van der Waals surface area contributed by atoms with E-state index in [-0.39, 0.29) is 18.1 Å². The average Bonchev–Trinajstić information content (AvgIpc) is 2.66. The number of rotatable bonds is 6. The lowest BCUT2D eigenvalue weighted by Gasteiger charge is -2.30. The molecule has 3 rings (SSSR count). The summed E-state index contributed by atoms with van der Waals surface area (Å²) in [5.74, 6) is -0.903. The van der Waals surface area contributed by atoms with Crippen molar-refractivity contribution in [2.75, 3.05) is 28.5 Å². The molecule has 144 valence electrons. The van der Waals surface area contributed by atoms with Crippen LogP contribution in [0.25, 0.3) is 0 Å². The number of hydrogen-bond acceptors (Lipinski definition) is 4. The lowest BCUT2D eigenvalue weighted by molar-refractivity contribution is -0.118. The van der Waals surface area contributed by atoms with Crippen LogP contribution in [0.1, 0.15) is 18.9 Å². The summed E-state index contributed by atoms with van der Waals surface area (Å²) in [4.78, 5) is 12.1. The number of benzene rings is 2. The highest BCUT2D eigenvalue weighted by Gasteiger charge is 2.26. The van der Waals surface area contributed by atoms with E-state index in [9.17, 15) is 17.6 Å². The molecule has 1 heterocycles. The van der Waals surface area contributed by atoms with Crippen molar-refractivity contribution in [3.8, 4) is 5.75 Å². The monoisotopic (exact) mass is 392 g/mol. The summed E-state index contributed by atoms with van der Waals surface area (Å²) in [6.45, 7) is 1.76. The molecule has 0 aromatic heterocycles. The maximum atomic E-state index is 13.5. The molecule has 0 aliphatic carbocycles. The predicted molar refractivity (Wildman–Crippen MR) is 102 cm³/mol. The van der Waals surface area contributed by atoms with E-state index < -0.39 is 21.7 Å². The smallest absolute Gasteiger partial charge is 0.262 e. The Bertz CT molecular complexity index is 946. The number of carbonyl (C=O) groups excluding carboxylic acids is 1. The number of sulfonamides is 1. The number of nitrogens with one attached hydrogen (secondary N) is 1. The van der Waals surface area contributed by atoms with Gasteiger partial charge >= 0.3 is 0 Å². The fraction of sp³-hybridized carbons (Fsp3) is 0.316. The van der Waals surface area contributed by atoms with E-state index in [4.69, 9.17) is 4.74 Å². The number of amides is 1. The molecule has 0 fully saturated rings. The molecule has 6 nitrogen and oxygen atoms in total. The van der Waals surface area contributed by atoms with Crippen molar-refractivity contribution in [3.05, 3.63) is 53.8 Å². The van der Waals surface area contributed by atoms with Crippen LogP contribution in [0, 0.1) is 5.82 Å². The Hall–Kier alpha value is -2.61. The number of fused-ring (bicyclic) bond motifs is 1. The van der Waals surface area contributed by atoms with Gasteiger partial charge in [0.2, 0.25) is 10.0 Å². The third-order valence-electron chi connectivity index (χ3n) is 4.34. The van der Waals surface area contributed by atoms with Crippen LogP contribution in [0.4, 0.5) is 15.8 Å². The molecule has 0 radical (unpaired) electrons. The molecule has 1 amide bonds. The molecular weight excluding hydrogens is 371 g/mol. The van der Waals surface area contributed by atoms with E-state index >= 15 is 0 Å². The second-order valence-electron chi connectivity index (χ2n) is 6.19. The molecule has 0 bridgehead atoms. The minimum Gasteiger partial charge on any atom is -0.481 e. The maximum Gasteiger partial charge on any atom is 0.262 e.